The van der Waals surface area contributed by atoms with Crippen molar-refractivity contribution >= 4 is 23.4 Å². The van der Waals surface area contributed by atoms with Crippen molar-refractivity contribution < 1.29 is 9.53 Å². The molecule has 18 heavy (non-hydrogen) atoms. The second-order valence-electron chi connectivity index (χ2n) is 4.10. The number of carbonyl (C=O) groups is 1. The van der Waals surface area contributed by atoms with E-state index in [1.54, 1.807) is 18.3 Å². The summed E-state index contributed by atoms with van der Waals surface area (Å²) >= 11 is 1.40. The molecule has 5 nitrogen and oxygen atoms in total. The van der Waals surface area contributed by atoms with E-state index in [0.717, 1.165) is 0 Å². The van der Waals surface area contributed by atoms with E-state index < -0.39 is 0 Å². The summed E-state index contributed by atoms with van der Waals surface area (Å²) in [6.07, 6.45) is 1.69. The summed E-state index contributed by atoms with van der Waals surface area (Å²) in [7, 11) is 0. The molecule has 1 saturated heterocycles. The van der Waals surface area contributed by atoms with Crippen LogP contribution in [-0.2, 0) is 9.53 Å². The van der Waals surface area contributed by atoms with Gasteiger partial charge in [-0.3, -0.25) is 4.79 Å². The van der Waals surface area contributed by atoms with Gasteiger partial charge in [0.25, 0.3) is 0 Å². The van der Waals surface area contributed by atoms with E-state index >= 15 is 0 Å². The van der Waals surface area contributed by atoms with Gasteiger partial charge in [-0.2, -0.15) is 0 Å². The summed E-state index contributed by atoms with van der Waals surface area (Å²) in [6.45, 7) is 4.46. The highest BCUT2D eigenvalue weighted by Gasteiger charge is 2.23. The average Bonchev–Trinajstić information content (AvgIpc) is 2.41. The predicted molar refractivity (Wildman–Crippen MR) is 71.4 cm³/mol. The Morgan fingerprint density at radius 3 is 2.94 bits per heavy atom. The number of hydrogen-bond donors (Lipinski definition) is 1. The van der Waals surface area contributed by atoms with E-state index in [2.05, 4.69) is 4.98 Å². The molecule has 2 N–H and O–H groups in total. The molecular formula is C12H17N3O2S. The summed E-state index contributed by atoms with van der Waals surface area (Å²) < 4.78 is 5.23. The largest absolute Gasteiger partial charge is 0.397 e. The maximum atomic E-state index is 12.2. The number of nitrogen functional groups attached to an aromatic ring is 1. The van der Waals surface area contributed by atoms with E-state index in [-0.39, 0.29) is 11.2 Å². The van der Waals surface area contributed by atoms with Gasteiger partial charge in [0.2, 0.25) is 5.91 Å². The molecule has 1 aliphatic rings. The van der Waals surface area contributed by atoms with Crippen LogP contribution in [0.15, 0.2) is 23.4 Å². The molecule has 0 aromatic carbocycles. The Balaban J connectivity index is 1.96. The Morgan fingerprint density at radius 2 is 2.28 bits per heavy atom. The van der Waals surface area contributed by atoms with Gasteiger partial charge in [-0.25, -0.2) is 4.98 Å². The van der Waals surface area contributed by atoms with E-state index in [1.165, 1.54) is 11.8 Å². The molecule has 2 heterocycles. The molecule has 1 unspecified atom stereocenters. The average molecular weight is 267 g/mol. The van der Waals surface area contributed by atoms with Crippen molar-refractivity contribution in [3.05, 3.63) is 18.3 Å². The van der Waals surface area contributed by atoms with Crippen molar-refractivity contribution in [2.24, 2.45) is 0 Å². The number of amides is 1. The summed E-state index contributed by atoms with van der Waals surface area (Å²) in [5.74, 6) is 0.119. The van der Waals surface area contributed by atoms with Gasteiger partial charge in [0, 0.05) is 19.3 Å². The van der Waals surface area contributed by atoms with Crippen molar-refractivity contribution in [3.63, 3.8) is 0 Å². The van der Waals surface area contributed by atoms with Crippen molar-refractivity contribution in [2.45, 2.75) is 17.2 Å². The molecule has 1 fully saturated rings. The lowest BCUT2D eigenvalue weighted by Gasteiger charge is -2.29. The number of pyridine rings is 1. The fourth-order valence-corrected chi connectivity index (χ4v) is 2.67. The third kappa shape index (κ3) is 3.14. The van der Waals surface area contributed by atoms with E-state index in [4.69, 9.17) is 10.5 Å². The van der Waals surface area contributed by atoms with Crippen molar-refractivity contribution in [1.29, 1.82) is 0 Å². The Labute approximate surface area is 111 Å². The molecule has 0 bridgehead atoms. The van der Waals surface area contributed by atoms with Crippen LogP contribution in [0.2, 0.25) is 0 Å². The molecule has 1 atom stereocenters. The van der Waals surface area contributed by atoms with Crippen LogP contribution in [-0.4, -0.2) is 47.3 Å². The topological polar surface area (TPSA) is 68.5 Å². The summed E-state index contributed by atoms with van der Waals surface area (Å²) in [4.78, 5) is 18.2. The standard InChI is InChI=1S/C12H17N3O2S/c1-9(12(16)15-5-7-17-8-6-15)18-11-10(13)3-2-4-14-11/h2-4,9H,5-8,13H2,1H3. The van der Waals surface area contributed by atoms with Crippen molar-refractivity contribution in [1.82, 2.24) is 9.88 Å². The van der Waals surface area contributed by atoms with Crippen LogP contribution in [0.3, 0.4) is 0 Å². The first-order valence-corrected chi connectivity index (χ1v) is 6.80. The monoisotopic (exact) mass is 267 g/mol. The van der Waals surface area contributed by atoms with Gasteiger partial charge >= 0.3 is 0 Å². The number of rotatable bonds is 3. The van der Waals surface area contributed by atoms with Crippen LogP contribution < -0.4 is 5.73 Å². The zero-order valence-electron chi connectivity index (χ0n) is 10.3. The first-order valence-electron chi connectivity index (χ1n) is 5.92. The number of thioether (sulfide) groups is 1. The van der Waals surface area contributed by atoms with Crippen molar-refractivity contribution in [2.75, 3.05) is 32.0 Å². The molecule has 0 saturated carbocycles. The maximum absolute atomic E-state index is 12.2. The van der Waals surface area contributed by atoms with Gasteiger partial charge in [-0.05, 0) is 19.1 Å². The van der Waals surface area contributed by atoms with Crippen LogP contribution in [0, 0.1) is 0 Å². The second kappa shape index (κ2) is 6.06. The SMILES string of the molecule is CC(Sc1ncccc1N)C(=O)N1CCOCC1. The number of ether oxygens (including phenoxy) is 1. The first-order chi connectivity index (χ1) is 8.68. The third-order valence-electron chi connectivity index (χ3n) is 2.76. The van der Waals surface area contributed by atoms with Crippen LogP contribution in [0.5, 0.6) is 0 Å². The highest BCUT2D eigenvalue weighted by atomic mass is 32.2. The van der Waals surface area contributed by atoms with Gasteiger partial charge in [-0.15, -0.1) is 0 Å². The number of anilines is 1. The van der Waals surface area contributed by atoms with E-state index in [9.17, 15) is 4.79 Å². The zero-order chi connectivity index (χ0) is 13.0. The highest BCUT2D eigenvalue weighted by Crippen LogP contribution is 2.27. The molecule has 1 aromatic heterocycles. The van der Waals surface area contributed by atoms with Crippen LogP contribution in [0.1, 0.15) is 6.92 Å². The lowest BCUT2D eigenvalue weighted by Crippen LogP contribution is -2.44. The summed E-state index contributed by atoms with van der Waals surface area (Å²) in [5, 5.41) is 0.534. The number of hydrogen-bond acceptors (Lipinski definition) is 5. The maximum Gasteiger partial charge on any atom is 0.235 e. The lowest BCUT2D eigenvalue weighted by molar-refractivity contribution is -0.134. The molecular weight excluding hydrogens is 250 g/mol. The van der Waals surface area contributed by atoms with Gasteiger partial charge in [-0.1, -0.05) is 11.8 Å². The summed E-state index contributed by atoms with van der Waals surface area (Å²) in [6, 6.07) is 3.58. The minimum atomic E-state index is -0.180. The smallest absolute Gasteiger partial charge is 0.235 e. The Hall–Kier alpha value is -1.27. The Bertz CT molecular complexity index is 422. The second-order valence-corrected chi connectivity index (χ2v) is 5.43. The molecule has 1 aliphatic heterocycles. The number of nitrogens with zero attached hydrogens (tertiary/aromatic N) is 2. The number of morpholine rings is 1. The van der Waals surface area contributed by atoms with Gasteiger partial charge in [0.1, 0.15) is 5.03 Å². The first kappa shape index (κ1) is 13.2. The predicted octanol–water partition coefficient (Wildman–Crippen LogP) is 1.00. The summed E-state index contributed by atoms with van der Waals surface area (Å²) in [5.41, 5.74) is 6.43. The fourth-order valence-electron chi connectivity index (χ4n) is 1.76. The van der Waals surface area contributed by atoms with Crippen molar-refractivity contribution in [3.8, 4) is 0 Å². The minimum Gasteiger partial charge on any atom is -0.397 e. The zero-order valence-corrected chi connectivity index (χ0v) is 11.2. The Kier molecular flexibility index (Phi) is 4.43. The molecule has 0 radical (unpaired) electrons. The number of aromatic nitrogens is 1. The molecule has 0 aliphatic carbocycles. The van der Waals surface area contributed by atoms with Gasteiger partial charge < -0.3 is 15.4 Å². The number of nitrogens with two attached hydrogens (primary N) is 1. The fraction of sp³-hybridized carbons (Fsp3) is 0.500. The molecule has 1 amide bonds. The molecule has 2 rings (SSSR count). The molecule has 0 spiro atoms. The normalized spacial score (nSPS) is 17.5. The van der Waals surface area contributed by atoms with E-state index in [1.807, 2.05) is 11.8 Å². The lowest BCUT2D eigenvalue weighted by atomic mass is 10.3. The quantitative estimate of drug-likeness (QED) is 0.828. The molecule has 1 aromatic rings. The molecule has 98 valence electrons. The van der Waals surface area contributed by atoms with Gasteiger partial charge in [0.15, 0.2) is 0 Å². The van der Waals surface area contributed by atoms with Gasteiger partial charge in [0.05, 0.1) is 24.2 Å². The Morgan fingerprint density at radius 1 is 1.56 bits per heavy atom. The number of carbonyl (C=O) groups excluding carboxylic acids is 1. The van der Waals surface area contributed by atoms with Crippen LogP contribution in [0.4, 0.5) is 5.69 Å². The highest BCUT2D eigenvalue weighted by molar-refractivity contribution is 8.00. The third-order valence-corrected chi connectivity index (χ3v) is 3.88. The van der Waals surface area contributed by atoms with Crippen LogP contribution in [0.25, 0.3) is 0 Å². The molecule has 6 heteroatoms. The van der Waals surface area contributed by atoms with E-state index in [0.29, 0.717) is 37.0 Å². The minimum absolute atomic E-state index is 0.119. The van der Waals surface area contributed by atoms with Crippen LogP contribution >= 0.6 is 11.8 Å².